The second-order valence-corrected chi connectivity index (χ2v) is 10.3. The first-order valence-corrected chi connectivity index (χ1v) is 13.0. The van der Waals surface area contributed by atoms with E-state index >= 15 is 0 Å². The fourth-order valence-electron chi connectivity index (χ4n) is 4.35. The van der Waals surface area contributed by atoms with E-state index in [-0.39, 0.29) is 18.5 Å². The monoisotopic (exact) mass is 458 g/mol. The quantitative estimate of drug-likeness (QED) is 0.688. The van der Waals surface area contributed by atoms with Crippen LogP contribution < -0.4 is 19.1 Å². The highest BCUT2D eigenvalue weighted by atomic mass is 32.2. The van der Waals surface area contributed by atoms with Crippen molar-refractivity contribution in [3.8, 4) is 11.5 Å². The van der Waals surface area contributed by atoms with Crippen molar-refractivity contribution in [1.82, 2.24) is 5.32 Å². The highest BCUT2D eigenvalue weighted by Crippen LogP contribution is 2.34. The van der Waals surface area contributed by atoms with E-state index < -0.39 is 10.0 Å². The molecule has 1 aliphatic carbocycles. The summed E-state index contributed by atoms with van der Waals surface area (Å²) in [5.74, 6) is 0.689. The Hall–Kier alpha value is -2.74. The lowest BCUT2D eigenvalue weighted by atomic mass is 9.89. The molecule has 1 atom stereocenters. The van der Waals surface area contributed by atoms with Gasteiger partial charge in [-0.05, 0) is 60.9 Å². The fraction of sp³-hybridized carbons (Fsp3) is 0.458. The number of carbonyl (C=O) groups excluding carboxylic acids is 1. The molecule has 2 aromatic rings. The zero-order valence-corrected chi connectivity index (χ0v) is 19.4. The van der Waals surface area contributed by atoms with Crippen LogP contribution in [0.2, 0.25) is 0 Å². The zero-order chi connectivity index (χ0) is 22.7. The van der Waals surface area contributed by atoms with E-state index in [1.165, 1.54) is 24.0 Å². The molecule has 0 saturated carbocycles. The van der Waals surface area contributed by atoms with Gasteiger partial charge in [0.05, 0.1) is 18.0 Å². The molecule has 1 heterocycles. The SMILES string of the molecule is CC[C@H](NC(=O)CN(c1ccc2c(c1)OCCO2)S(C)(=O)=O)c1ccc2c(c1)CCCC2. The number of nitrogens with one attached hydrogen (secondary N) is 1. The van der Waals surface area contributed by atoms with E-state index in [4.69, 9.17) is 9.47 Å². The third-order valence-corrected chi connectivity index (χ3v) is 7.16. The number of fused-ring (bicyclic) bond motifs is 2. The van der Waals surface area contributed by atoms with Crippen molar-refractivity contribution < 1.29 is 22.7 Å². The van der Waals surface area contributed by atoms with Crippen LogP contribution in [0.3, 0.4) is 0 Å². The Morgan fingerprint density at radius 2 is 1.75 bits per heavy atom. The van der Waals surface area contributed by atoms with Gasteiger partial charge in [0, 0.05) is 6.07 Å². The number of rotatable bonds is 7. The molecule has 1 amide bonds. The predicted octanol–water partition coefficient (Wildman–Crippen LogP) is 3.37. The van der Waals surface area contributed by atoms with Crippen LogP contribution in [0.5, 0.6) is 11.5 Å². The first-order valence-electron chi connectivity index (χ1n) is 11.1. The van der Waals surface area contributed by atoms with Gasteiger partial charge in [0.2, 0.25) is 15.9 Å². The smallest absolute Gasteiger partial charge is 0.241 e. The number of benzene rings is 2. The molecule has 32 heavy (non-hydrogen) atoms. The minimum atomic E-state index is -3.68. The molecule has 0 spiro atoms. The number of amides is 1. The Morgan fingerprint density at radius 3 is 2.47 bits per heavy atom. The van der Waals surface area contributed by atoms with Gasteiger partial charge in [-0.3, -0.25) is 9.10 Å². The molecule has 0 aromatic heterocycles. The largest absolute Gasteiger partial charge is 0.486 e. The number of hydrogen-bond acceptors (Lipinski definition) is 5. The van der Waals surface area contributed by atoms with Crippen molar-refractivity contribution >= 4 is 21.6 Å². The number of ether oxygens (including phenoxy) is 2. The van der Waals surface area contributed by atoms with Crippen LogP contribution in [0.15, 0.2) is 36.4 Å². The molecule has 7 nitrogen and oxygen atoms in total. The Balaban J connectivity index is 1.51. The zero-order valence-electron chi connectivity index (χ0n) is 18.6. The summed E-state index contributed by atoms with van der Waals surface area (Å²) in [7, 11) is -3.68. The Bertz CT molecular complexity index is 1100. The van der Waals surface area contributed by atoms with Gasteiger partial charge in [0.1, 0.15) is 19.8 Å². The maximum atomic E-state index is 12.9. The molecule has 1 aliphatic heterocycles. The lowest BCUT2D eigenvalue weighted by molar-refractivity contribution is -0.120. The van der Waals surface area contributed by atoms with Gasteiger partial charge in [-0.15, -0.1) is 0 Å². The summed E-state index contributed by atoms with van der Waals surface area (Å²) >= 11 is 0. The Kier molecular flexibility index (Phi) is 6.60. The van der Waals surface area contributed by atoms with Crippen LogP contribution in [0, 0.1) is 0 Å². The summed E-state index contributed by atoms with van der Waals surface area (Å²) in [6.45, 7) is 2.56. The van der Waals surface area contributed by atoms with Crippen LogP contribution in [0.25, 0.3) is 0 Å². The standard InChI is InChI=1S/C24H30N2O5S/c1-3-21(19-9-8-17-6-4-5-7-18(17)14-19)25-24(27)16-26(32(2,28)29)20-10-11-22-23(15-20)31-13-12-30-22/h8-11,14-15,21H,3-7,12-13,16H2,1-2H3,(H,25,27)/t21-/m0/s1. The molecule has 2 aliphatic rings. The third-order valence-electron chi connectivity index (χ3n) is 6.02. The summed E-state index contributed by atoms with van der Waals surface area (Å²) in [4.78, 5) is 12.9. The second kappa shape index (κ2) is 9.40. The van der Waals surface area contributed by atoms with Crippen molar-refractivity contribution in [1.29, 1.82) is 0 Å². The van der Waals surface area contributed by atoms with Gasteiger partial charge in [0.25, 0.3) is 0 Å². The number of sulfonamides is 1. The summed E-state index contributed by atoms with van der Waals surface area (Å²) in [5.41, 5.74) is 4.18. The third kappa shape index (κ3) is 5.01. The van der Waals surface area contributed by atoms with Crippen molar-refractivity contribution in [3.63, 3.8) is 0 Å². The van der Waals surface area contributed by atoms with E-state index in [0.717, 1.165) is 29.0 Å². The van der Waals surface area contributed by atoms with Gasteiger partial charge < -0.3 is 14.8 Å². The van der Waals surface area contributed by atoms with E-state index in [2.05, 4.69) is 23.5 Å². The average molecular weight is 459 g/mol. The molecule has 0 bridgehead atoms. The molecule has 4 rings (SSSR count). The first kappa shape index (κ1) is 22.5. The van der Waals surface area contributed by atoms with Crippen LogP contribution in [-0.4, -0.2) is 40.3 Å². The van der Waals surface area contributed by atoms with Crippen molar-refractivity contribution in [3.05, 3.63) is 53.1 Å². The molecule has 172 valence electrons. The van der Waals surface area contributed by atoms with Crippen molar-refractivity contribution in [2.45, 2.75) is 45.1 Å². The Labute approximate surface area is 189 Å². The number of hydrogen-bond donors (Lipinski definition) is 1. The molecular weight excluding hydrogens is 428 g/mol. The fourth-order valence-corrected chi connectivity index (χ4v) is 5.20. The number of carbonyl (C=O) groups is 1. The maximum Gasteiger partial charge on any atom is 0.241 e. The molecule has 8 heteroatoms. The van der Waals surface area contributed by atoms with Crippen LogP contribution in [0.4, 0.5) is 5.69 Å². The normalized spacial score (nSPS) is 16.1. The van der Waals surface area contributed by atoms with Gasteiger partial charge >= 0.3 is 0 Å². The van der Waals surface area contributed by atoms with Gasteiger partial charge in [-0.2, -0.15) is 0 Å². The molecule has 0 unspecified atom stereocenters. The van der Waals surface area contributed by atoms with E-state index in [9.17, 15) is 13.2 Å². The maximum absolute atomic E-state index is 12.9. The first-order chi connectivity index (χ1) is 15.3. The average Bonchev–Trinajstić information content (AvgIpc) is 2.79. The minimum Gasteiger partial charge on any atom is -0.486 e. The molecule has 0 fully saturated rings. The second-order valence-electron chi connectivity index (χ2n) is 8.36. The van der Waals surface area contributed by atoms with Gasteiger partial charge in [-0.25, -0.2) is 8.42 Å². The number of anilines is 1. The topological polar surface area (TPSA) is 84.9 Å². The highest BCUT2D eigenvalue weighted by Gasteiger charge is 2.25. The molecule has 0 radical (unpaired) electrons. The van der Waals surface area contributed by atoms with Crippen LogP contribution >= 0.6 is 0 Å². The molecule has 1 N–H and O–H groups in total. The summed E-state index contributed by atoms with van der Waals surface area (Å²) in [5, 5.41) is 3.02. The summed E-state index contributed by atoms with van der Waals surface area (Å²) in [6.07, 6.45) is 6.41. The Morgan fingerprint density at radius 1 is 1.03 bits per heavy atom. The van der Waals surface area contributed by atoms with E-state index in [1.807, 2.05) is 6.92 Å². The van der Waals surface area contributed by atoms with Crippen LogP contribution in [-0.2, 0) is 27.7 Å². The van der Waals surface area contributed by atoms with Crippen molar-refractivity contribution in [2.24, 2.45) is 0 Å². The number of aryl methyl sites for hydroxylation is 2. The van der Waals surface area contributed by atoms with E-state index in [0.29, 0.717) is 36.8 Å². The lowest BCUT2D eigenvalue weighted by Gasteiger charge is -2.26. The summed E-state index contributed by atoms with van der Waals surface area (Å²) < 4.78 is 37.2. The minimum absolute atomic E-state index is 0.170. The van der Waals surface area contributed by atoms with Gasteiger partial charge in [0.15, 0.2) is 11.5 Å². The predicted molar refractivity (Wildman–Crippen MR) is 124 cm³/mol. The highest BCUT2D eigenvalue weighted by molar-refractivity contribution is 7.92. The van der Waals surface area contributed by atoms with Gasteiger partial charge in [-0.1, -0.05) is 25.1 Å². The molecule has 0 saturated heterocycles. The lowest BCUT2D eigenvalue weighted by Crippen LogP contribution is -2.41. The van der Waals surface area contributed by atoms with E-state index in [1.54, 1.807) is 18.2 Å². The van der Waals surface area contributed by atoms with Crippen molar-refractivity contribution in [2.75, 3.05) is 30.3 Å². The molecule has 2 aromatic carbocycles. The summed E-state index contributed by atoms with van der Waals surface area (Å²) in [6, 6.07) is 11.2. The number of nitrogens with zero attached hydrogens (tertiary/aromatic N) is 1. The van der Waals surface area contributed by atoms with Crippen LogP contribution in [0.1, 0.15) is 48.9 Å². The molecular formula is C24H30N2O5S.